The van der Waals surface area contributed by atoms with Crippen molar-refractivity contribution >= 4 is 17.2 Å². The summed E-state index contributed by atoms with van der Waals surface area (Å²) in [5, 5.41) is 2.83. The van der Waals surface area contributed by atoms with Gasteiger partial charge in [0.05, 0.1) is 6.42 Å². The van der Waals surface area contributed by atoms with E-state index in [0.29, 0.717) is 6.54 Å². The molecule has 0 spiro atoms. The number of amides is 1. The number of nitrogens with one attached hydrogen (secondary N) is 1. The standard InChI is InChI=1S/C14H13F3N2OS/c1-9-13(14(15,16)17)19-12(21-9)7-11(20)18-8-10-5-3-2-4-6-10/h2-6H,7-8H2,1H3,(H,18,20). The number of rotatable bonds is 4. The minimum Gasteiger partial charge on any atom is -0.352 e. The summed E-state index contributed by atoms with van der Waals surface area (Å²) < 4.78 is 37.8. The predicted octanol–water partition coefficient (Wildman–Crippen LogP) is 3.33. The minimum absolute atomic E-state index is 0.0772. The van der Waals surface area contributed by atoms with E-state index in [4.69, 9.17) is 0 Å². The van der Waals surface area contributed by atoms with Gasteiger partial charge in [-0.25, -0.2) is 4.98 Å². The van der Waals surface area contributed by atoms with Crippen LogP contribution in [-0.2, 0) is 23.9 Å². The van der Waals surface area contributed by atoms with E-state index in [1.165, 1.54) is 6.92 Å². The van der Waals surface area contributed by atoms with Crippen LogP contribution in [0.2, 0.25) is 0 Å². The molecular formula is C14H13F3N2OS. The third-order valence-electron chi connectivity index (χ3n) is 2.75. The maximum atomic E-state index is 12.6. The first-order chi connectivity index (χ1) is 9.86. The molecule has 0 radical (unpaired) electrons. The van der Waals surface area contributed by atoms with Crippen molar-refractivity contribution in [2.24, 2.45) is 0 Å². The van der Waals surface area contributed by atoms with Gasteiger partial charge in [-0.2, -0.15) is 13.2 Å². The van der Waals surface area contributed by atoms with Gasteiger partial charge in [-0.1, -0.05) is 30.3 Å². The molecule has 0 saturated carbocycles. The monoisotopic (exact) mass is 314 g/mol. The summed E-state index contributed by atoms with van der Waals surface area (Å²) in [7, 11) is 0. The number of alkyl halides is 3. The highest BCUT2D eigenvalue weighted by Crippen LogP contribution is 2.33. The molecule has 1 amide bonds. The molecule has 21 heavy (non-hydrogen) atoms. The van der Waals surface area contributed by atoms with E-state index in [2.05, 4.69) is 10.3 Å². The quantitative estimate of drug-likeness (QED) is 0.940. The van der Waals surface area contributed by atoms with Crippen LogP contribution in [0.15, 0.2) is 30.3 Å². The van der Waals surface area contributed by atoms with E-state index in [1.54, 1.807) is 0 Å². The van der Waals surface area contributed by atoms with Crippen molar-refractivity contribution in [1.82, 2.24) is 10.3 Å². The zero-order valence-corrected chi connectivity index (χ0v) is 12.0. The Kier molecular flexibility index (Phi) is 4.62. The molecule has 2 aromatic rings. The molecule has 112 valence electrons. The highest BCUT2D eigenvalue weighted by Gasteiger charge is 2.36. The van der Waals surface area contributed by atoms with Crippen molar-refractivity contribution in [2.45, 2.75) is 26.1 Å². The number of hydrogen-bond donors (Lipinski definition) is 1. The molecule has 1 N–H and O–H groups in total. The fraction of sp³-hybridized carbons (Fsp3) is 0.286. The number of thiazole rings is 1. The largest absolute Gasteiger partial charge is 0.434 e. The molecule has 7 heteroatoms. The van der Waals surface area contributed by atoms with E-state index in [-0.39, 0.29) is 22.2 Å². The van der Waals surface area contributed by atoms with Crippen LogP contribution in [0.3, 0.4) is 0 Å². The SMILES string of the molecule is Cc1sc(CC(=O)NCc2ccccc2)nc1C(F)(F)F. The zero-order chi connectivity index (χ0) is 15.5. The van der Waals surface area contributed by atoms with Crippen LogP contribution < -0.4 is 5.32 Å². The fourth-order valence-electron chi connectivity index (χ4n) is 1.79. The second kappa shape index (κ2) is 6.26. The van der Waals surface area contributed by atoms with Gasteiger partial charge in [0.25, 0.3) is 0 Å². The number of halogens is 3. The molecule has 0 aliphatic heterocycles. The van der Waals surface area contributed by atoms with Gasteiger partial charge in [-0.05, 0) is 12.5 Å². The molecule has 0 atom stereocenters. The Balaban J connectivity index is 1.94. The molecule has 3 nitrogen and oxygen atoms in total. The molecule has 0 aliphatic carbocycles. The molecule has 0 aliphatic rings. The van der Waals surface area contributed by atoms with Gasteiger partial charge in [-0.15, -0.1) is 11.3 Å². The number of nitrogens with zero attached hydrogens (tertiary/aromatic N) is 1. The second-order valence-electron chi connectivity index (χ2n) is 4.45. The Hall–Kier alpha value is -1.89. The summed E-state index contributed by atoms with van der Waals surface area (Å²) in [5.74, 6) is -0.346. The smallest absolute Gasteiger partial charge is 0.352 e. The van der Waals surface area contributed by atoms with Crippen LogP contribution in [0.25, 0.3) is 0 Å². The van der Waals surface area contributed by atoms with E-state index in [9.17, 15) is 18.0 Å². The summed E-state index contributed by atoms with van der Waals surface area (Å²) in [6, 6.07) is 9.27. The summed E-state index contributed by atoms with van der Waals surface area (Å²) in [4.78, 5) is 15.3. The zero-order valence-electron chi connectivity index (χ0n) is 11.2. The van der Waals surface area contributed by atoms with Gasteiger partial charge < -0.3 is 5.32 Å². The molecule has 0 unspecified atom stereocenters. The summed E-state index contributed by atoms with van der Waals surface area (Å²) >= 11 is 0.899. The lowest BCUT2D eigenvalue weighted by molar-refractivity contribution is -0.141. The van der Waals surface area contributed by atoms with Gasteiger partial charge in [-0.3, -0.25) is 4.79 Å². The molecule has 1 heterocycles. The van der Waals surface area contributed by atoms with E-state index >= 15 is 0 Å². The normalized spacial score (nSPS) is 11.4. The molecule has 1 aromatic heterocycles. The third-order valence-corrected chi connectivity index (χ3v) is 3.72. The topological polar surface area (TPSA) is 42.0 Å². The molecule has 0 bridgehead atoms. The lowest BCUT2D eigenvalue weighted by Crippen LogP contribution is -2.24. The number of aromatic nitrogens is 1. The minimum atomic E-state index is -4.47. The Bertz CT molecular complexity index is 623. The first-order valence-corrected chi connectivity index (χ1v) is 7.02. The predicted molar refractivity (Wildman–Crippen MR) is 73.8 cm³/mol. The van der Waals surface area contributed by atoms with Crippen LogP contribution in [0.1, 0.15) is 21.1 Å². The van der Waals surface area contributed by atoms with Gasteiger partial charge in [0, 0.05) is 11.4 Å². The van der Waals surface area contributed by atoms with Crippen LogP contribution in [0, 0.1) is 6.92 Å². The van der Waals surface area contributed by atoms with Crippen molar-refractivity contribution in [3.63, 3.8) is 0 Å². The Morgan fingerprint density at radius 1 is 1.29 bits per heavy atom. The van der Waals surface area contributed by atoms with Gasteiger partial charge in [0.1, 0.15) is 5.01 Å². The summed E-state index contributed by atoms with van der Waals surface area (Å²) in [5.41, 5.74) is 0.0236. The van der Waals surface area contributed by atoms with Crippen molar-refractivity contribution in [1.29, 1.82) is 0 Å². The Labute approximate surface area is 123 Å². The molecular weight excluding hydrogens is 301 g/mol. The van der Waals surface area contributed by atoms with Crippen molar-refractivity contribution in [3.8, 4) is 0 Å². The number of carbonyl (C=O) groups excluding carboxylic acids is 1. The van der Waals surface area contributed by atoms with E-state index < -0.39 is 11.9 Å². The molecule has 2 rings (SSSR count). The molecule has 1 aromatic carbocycles. The average molecular weight is 314 g/mol. The highest BCUT2D eigenvalue weighted by atomic mass is 32.1. The van der Waals surface area contributed by atoms with Gasteiger partial charge in [0.15, 0.2) is 5.69 Å². The maximum Gasteiger partial charge on any atom is 0.434 e. The van der Waals surface area contributed by atoms with E-state index in [0.717, 1.165) is 16.9 Å². The van der Waals surface area contributed by atoms with Crippen LogP contribution in [-0.4, -0.2) is 10.9 Å². The highest BCUT2D eigenvalue weighted by molar-refractivity contribution is 7.11. The lowest BCUT2D eigenvalue weighted by atomic mass is 10.2. The van der Waals surface area contributed by atoms with Crippen LogP contribution >= 0.6 is 11.3 Å². The second-order valence-corrected chi connectivity index (χ2v) is 5.74. The average Bonchev–Trinajstić information content (AvgIpc) is 2.78. The number of carbonyl (C=O) groups is 1. The Morgan fingerprint density at radius 3 is 2.52 bits per heavy atom. The number of aryl methyl sites for hydroxylation is 1. The van der Waals surface area contributed by atoms with Crippen molar-refractivity contribution in [2.75, 3.05) is 0 Å². The van der Waals surface area contributed by atoms with E-state index in [1.807, 2.05) is 30.3 Å². The first kappa shape index (κ1) is 15.5. The molecule has 0 fully saturated rings. The third kappa shape index (κ3) is 4.29. The van der Waals surface area contributed by atoms with Crippen molar-refractivity contribution < 1.29 is 18.0 Å². The van der Waals surface area contributed by atoms with Crippen LogP contribution in [0.4, 0.5) is 13.2 Å². The fourth-order valence-corrected chi connectivity index (χ4v) is 2.74. The van der Waals surface area contributed by atoms with Gasteiger partial charge in [0.2, 0.25) is 5.91 Å². The Morgan fingerprint density at radius 2 is 1.95 bits per heavy atom. The first-order valence-electron chi connectivity index (χ1n) is 6.20. The maximum absolute atomic E-state index is 12.6. The number of hydrogen-bond acceptors (Lipinski definition) is 3. The van der Waals surface area contributed by atoms with Crippen molar-refractivity contribution in [3.05, 3.63) is 51.5 Å². The summed E-state index contributed by atoms with van der Waals surface area (Å²) in [6.07, 6.45) is -4.62. The molecule has 0 saturated heterocycles. The summed E-state index contributed by atoms with van der Waals surface area (Å²) in [6.45, 7) is 1.70. The lowest BCUT2D eigenvalue weighted by Gasteiger charge is -2.04. The number of benzene rings is 1. The van der Waals surface area contributed by atoms with Crippen LogP contribution in [0.5, 0.6) is 0 Å². The van der Waals surface area contributed by atoms with Gasteiger partial charge >= 0.3 is 6.18 Å².